The van der Waals surface area contributed by atoms with Gasteiger partial charge in [-0.3, -0.25) is 4.79 Å². The molecule has 3 nitrogen and oxygen atoms in total. The van der Waals surface area contributed by atoms with E-state index in [4.69, 9.17) is 0 Å². The van der Waals surface area contributed by atoms with Crippen LogP contribution < -0.4 is 10.6 Å². The Kier molecular flexibility index (Phi) is 7.38. The van der Waals surface area contributed by atoms with Crippen molar-refractivity contribution in [1.82, 2.24) is 10.6 Å². The molecule has 0 aromatic heterocycles. The van der Waals surface area contributed by atoms with Crippen LogP contribution in [-0.2, 0) is 4.79 Å². The number of rotatable bonds is 6. The van der Waals surface area contributed by atoms with Gasteiger partial charge in [-0.1, -0.05) is 34.5 Å². The maximum Gasteiger partial charge on any atom is 0.220 e. The van der Waals surface area contributed by atoms with Crippen molar-refractivity contribution in [3.05, 3.63) is 34.3 Å². The van der Waals surface area contributed by atoms with E-state index in [-0.39, 0.29) is 24.4 Å². The molecule has 1 saturated heterocycles. The molecule has 1 aliphatic heterocycles. The topological polar surface area (TPSA) is 41.1 Å². The van der Waals surface area contributed by atoms with E-state index >= 15 is 0 Å². The van der Waals surface area contributed by atoms with E-state index in [0.29, 0.717) is 18.3 Å². The molecule has 128 valence electrons. The van der Waals surface area contributed by atoms with Gasteiger partial charge in [0.2, 0.25) is 5.91 Å². The van der Waals surface area contributed by atoms with Gasteiger partial charge in [0.15, 0.2) is 0 Å². The van der Waals surface area contributed by atoms with E-state index in [1.165, 1.54) is 31.2 Å². The summed E-state index contributed by atoms with van der Waals surface area (Å²) < 4.78 is 1.09. The predicted octanol–water partition coefficient (Wildman–Crippen LogP) is 4.22. The molecule has 2 aliphatic rings. The Hall–Kier alpha value is -0.580. The standard InChI is InChI=1S/C18H25BrN2O.ClH/c19-16-7-5-15(6-8-16)18(14-2-1-3-14)21-17(22)9-4-13-10-11-20-12-13;/h5-8,13-14,18,20H,1-4,9-12H2,(H,21,22);1H. The van der Waals surface area contributed by atoms with Crippen LogP contribution >= 0.6 is 28.3 Å². The molecule has 1 amide bonds. The molecule has 1 aliphatic carbocycles. The van der Waals surface area contributed by atoms with Gasteiger partial charge in [0.1, 0.15) is 0 Å². The highest BCUT2D eigenvalue weighted by molar-refractivity contribution is 9.10. The molecule has 3 rings (SSSR count). The van der Waals surface area contributed by atoms with E-state index in [9.17, 15) is 4.79 Å². The van der Waals surface area contributed by atoms with Crippen molar-refractivity contribution in [2.24, 2.45) is 11.8 Å². The minimum Gasteiger partial charge on any atom is -0.349 e. The lowest BCUT2D eigenvalue weighted by Gasteiger charge is -2.34. The third-order valence-corrected chi connectivity index (χ3v) is 5.64. The molecule has 2 fully saturated rings. The van der Waals surface area contributed by atoms with Crippen LogP contribution in [0.3, 0.4) is 0 Å². The van der Waals surface area contributed by atoms with Crippen LogP contribution in [0.4, 0.5) is 0 Å². The summed E-state index contributed by atoms with van der Waals surface area (Å²) in [6, 6.07) is 8.59. The number of halogens is 2. The normalized spacial score (nSPS) is 22.0. The maximum atomic E-state index is 12.4. The van der Waals surface area contributed by atoms with Gasteiger partial charge in [0.05, 0.1) is 6.04 Å². The SMILES string of the molecule is Cl.O=C(CCC1CCNC1)NC(c1ccc(Br)cc1)C1CCC1. The monoisotopic (exact) mass is 400 g/mol. The van der Waals surface area contributed by atoms with Gasteiger partial charge in [-0.25, -0.2) is 0 Å². The van der Waals surface area contributed by atoms with E-state index in [1.807, 2.05) is 0 Å². The molecule has 5 heteroatoms. The fourth-order valence-corrected chi connectivity index (χ4v) is 3.72. The fraction of sp³-hybridized carbons (Fsp3) is 0.611. The maximum absolute atomic E-state index is 12.4. The van der Waals surface area contributed by atoms with Gasteiger partial charge in [-0.05, 0) is 68.3 Å². The van der Waals surface area contributed by atoms with Crippen LogP contribution in [0.2, 0.25) is 0 Å². The summed E-state index contributed by atoms with van der Waals surface area (Å²) in [5, 5.41) is 6.67. The number of amides is 1. The highest BCUT2D eigenvalue weighted by Gasteiger charge is 2.29. The van der Waals surface area contributed by atoms with Crippen molar-refractivity contribution in [2.75, 3.05) is 13.1 Å². The summed E-state index contributed by atoms with van der Waals surface area (Å²) in [6.45, 7) is 2.18. The highest BCUT2D eigenvalue weighted by Crippen LogP contribution is 2.38. The predicted molar refractivity (Wildman–Crippen MR) is 99.8 cm³/mol. The van der Waals surface area contributed by atoms with Crippen molar-refractivity contribution in [2.45, 2.75) is 44.6 Å². The van der Waals surface area contributed by atoms with Gasteiger partial charge in [-0.15, -0.1) is 12.4 Å². The van der Waals surface area contributed by atoms with E-state index in [0.717, 1.165) is 24.0 Å². The lowest BCUT2D eigenvalue weighted by Crippen LogP contribution is -2.36. The quantitative estimate of drug-likeness (QED) is 0.749. The Bertz CT molecular complexity index is 498. The number of carbonyl (C=O) groups excluding carboxylic acids is 1. The number of carbonyl (C=O) groups is 1. The summed E-state index contributed by atoms with van der Waals surface area (Å²) in [6.07, 6.45) is 6.64. The van der Waals surface area contributed by atoms with Crippen molar-refractivity contribution in [3.63, 3.8) is 0 Å². The van der Waals surface area contributed by atoms with Crippen LogP contribution in [0.1, 0.15) is 50.1 Å². The average molecular weight is 402 g/mol. The molecule has 2 atom stereocenters. The zero-order chi connectivity index (χ0) is 15.4. The molecule has 2 unspecified atom stereocenters. The Morgan fingerprint density at radius 1 is 1.26 bits per heavy atom. The molecule has 1 heterocycles. The van der Waals surface area contributed by atoms with Gasteiger partial charge in [0, 0.05) is 10.9 Å². The molecule has 2 N–H and O–H groups in total. The summed E-state index contributed by atoms with van der Waals surface area (Å²) >= 11 is 3.48. The first kappa shape index (κ1) is 18.8. The van der Waals surface area contributed by atoms with Crippen molar-refractivity contribution < 1.29 is 4.79 Å². The molecular formula is C18H26BrClN2O. The fourth-order valence-electron chi connectivity index (χ4n) is 3.46. The molecule has 0 spiro atoms. The van der Waals surface area contributed by atoms with Crippen molar-refractivity contribution >= 4 is 34.2 Å². The van der Waals surface area contributed by atoms with Crippen LogP contribution in [0.25, 0.3) is 0 Å². The highest BCUT2D eigenvalue weighted by atomic mass is 79.9. The molecular weight excluding hydrogens is 376 g/mol. The molecule has 23 heavy (non-hydrogen) atoms. The summed E-state index contributed by atoms with van der Waals surface area (Å²) in [5.41, 5.74) is 1.24. The molecule has 0 radical (unpaired) electrons. The van der Waals surface area contributed by atoms with Crippen LogP contribution in [0.15, 0.2) is 28.7 Å². The van der Waals surface area contributed by atoms with Crippen LogP contribution in [-0.4, -0.2) is 19.0 Å². The Labute approximate surface area is 153 Å². The zero-order valence-corrected chi connectivity index (χ0v) is 15.8. The van der Waals surface area contributed by atoms with Crippen molar-refractivity contribution in [1.29, 1.82) is 0 Å². The molecule has 1 saturated carbocycles. The first-order valence-corrected chi connectivity index (χ1v) is 9.27. The minimum absolute atomic E-state index is 0. The first-order chi connectivity index (χ1) is 10.7. The molecule has 1 aromatic carbocycles. The van der Waals surface area contributed by atoms with E-state index < -0.39 is 0 Å². The number of hydrogen-bond acceptors (Lipinski definition) is 2. The van der Waals surface area contributed by atoms with Crippen LogP contribution in [0.5, 0.6) is 0 Å². The third kappa shape index (κ3) is 5.20. The van der Waals surface area contributed by atoms with Gasteiger partial charge in [0.25, 0.3) is 0 Å². The Morgan fingerprint density at radius 2 is 2.00 bits per heavy atom. The number of hydrogen-bond donors (Lipinski definition) is 2. The second kappa shape index (κ2) is 9.05. The average Bonchev–Trinajstić information content (AvgIpc) is 2.97. The molecule has 0 bridgehead atoms. The third-order valence-electron chi connectivity index (χ3n) is 5.11. The first-order valence-electron chi connectivity index (χ1n) is 8.48. The summed E-state index contributed by atoms with van der Waals surface area (Å²) in [4.78, 5) is 12.4. The zero-order valence-electron chi connectivity index (χ0n) is 13.4. The summed E-state index contributed by atoms with van der Waals surface area (Å²) in [5.74, 6) is 1.51. The largest absolute Gasteiger partial charge is 0.349 e. The van der Waals surface area contributed by atoms with Crippen molar-refractivity contribution in [3.8, 4) is 0 Å². The van der Waals surface area contributed by atoms with E-state index in [2.05, 4.69) is 50.8 Å². The molecule has 1 aromatic rings. The van der Waals surface area contributed by atoms with Gasteiger partial charge in [-0.2, -0.15) is 0 Å². The lowest BCUT2D eigenvalue weighted by atomic mass is 9.77. The van der Waals surface area contributed by atoms with Crippen LogP contribution in [0, 0.1) is 11.8 Å². The second-order valence-electron chi connectivity index (χ2n) is 6.69. The lowest BCUT2D eigenvalue weighted by molar-refractivity contribution is -0.122. The number of nitrogens with one attached hydrogen (secondary N) is 2. The number of benzene rings is 1. The second-order valence-corrected chi connectivity index (χ2v) is 7.60. The Balaban J connectivity index is 0.00000192. The van der Waals surface area contributed by atoms with Gasteiger partial charge < -0.3 is 10.6 Å². The van der Waals surface area contributed by atoms with Gasteiger partial charge >= 0.3 is 0 Å². The smallest absolute Gasteiger partial charge is 0.220 e. The summed E-state index contributed by atoms with van der Waals surface area (Å²) in [7, 11) is 0. The Morgan fingerprint density at radius 3 is 2.57 bits per heavy atom. The van der Waals surface area contributed by atoms with E-state index in [1.54, 1.807) is 0 Å². The minimum atomic E-state index is 0.